The molecule has 2 rings (SSSR count). The smallest absolute Gasteiger partial charge is 0.162 e. The number of hydrogen-bond donors (Lipinski definition) is 1. The van der Waals surface area contributed by atoms with Crippen molar-refractivity contribution in [3.05, 3.63) is 29.3 Å². The first-order valence-electron chi connectivity index (χ1n) is 5.21. The average Bonchev–Trinajstić information content (AvgIpc) is 2.27. The molecule has 15 heavy (non-hydrogen) atoms. The van der Waals surface area contributed by atoms with Crippen molar-refractivity contribution in [3.63, 3.8) is 0 Å². The zero-order valence-electron chi connectivity index (χ0n) is 8.88. The summed E-state index contributed by atoms with van der Waals surface area (Å²) in [6, 6.07) is 6.00. The van der Waals surface area contributed by atoms with Gasteiger partial charge >= 0.3 is 0 Å². The van der Waals surface area contributed by atoms with Gasteiger partial charge in [0.25, 0.3) is 0 Å². The van der Waals surface area contributed by atoms with Crippen molar-refractivity contribution in [3.8, 4) is 0 Å². The summed E-state index contributed by atoms with van der Waals surface area (Å²) in [7, 11) is 0. The summed E-state index contributed by atoms with van der Waals surface area (Å²) < 4.78 is 0. The number of rotatable bonds is 2. The number of nitrogens with one attached hydrogen (secondary N) is 1. The fourth-order valence-corrected chi connectivity index (χ4v) is 1.84. The largest absolute Gasteiger partial charge is 0.385 e. The third kappa shape index (κ3) is 2.51. The van der Waals surface area contributed by atoms with Crippen LogP contribution in [0.5, 0.6) is 0 Å². The van der Waals surface area contributed by atoms with E-state index < -0.39 is 0 Å². The monoisotopic (exact) mass is 225 g/mol. The second kappa shape index (κ2) is 5.17. The van der Waals surface area contributed by atoms with Crippen LogP contribution in [0.25, 0.3) is 0 Å². The zero-order valence-corrected chi connectivity index (χ0v) is 9.69. The summed E-state index contributed by atoms with van der Waals surface area (Å²) in [5.74, 6) is 0.222. The molecule has 0 radical (unpaired) electrons. The van der Waals surface area contributed by atoms with Gasteiger partial charge in [0.15, 0.2) is 5.78 Å². The van der Waals surface area contributed by atoms with E-state index in [1.807, 2.05) is 19.1 Å². The Kier molecular flexibility index (Phi) is 4.15. The van der Waals surface area contributed by atoms with E-state index >= 15 is 0 Å². The molecule has 1 aromatic rings. The van der Waals surface area contributed by atoms with E-state index in [2.05, 4.69) is 11.4 Å². The van der Waals surface area contributed by atoms with Gasteiger partial charge in [0.1, 0.15) is 0 Å². The van der Waals surface area contributed by atoms with Crippen LogP contribution in [0.1, 0.15) is 35.7 Å². The number of ketones is 1. The SMILES string of the molecule is CCC(=O)c1ccc2c(c1)NCCC2.Cl. The first-order valence-corrected chi connectivity index (χ1v) is 5.21. The molecule has 0 aliphatic carbocycles. The number of hydrogen-bond acceptors (Lipinski definition) is 2. The van der Waals surface area contributed by atoms with Crippen LogP contribution < -0.4 is 5.32 Å². The van der Waals surface area contributed by atoms with E-state index in [1.54, 1.807) is 0 Å². The molecule has 0 unspecified atom stereocenters. The Labute approximate surface area is 96.5 Å². The van der Waals surface area contributed by atoms with Gasteiger partial charge in [-0.2, -0.15) is 0 Å². The molecular formula is C12H16ClNO. The van der Waals surface area contributed by atoms with Gasteiger partial charge in [0.05, 0.1) is 0 Å². The lowest BCUT2D eigenvalue weighted by Crippen LogP contribution is -2.12. The summed E-state index contributed by atoms with van der Waals surface area (Å²) in [5.41, 5.74) is 3.32. The fraction of sp³-hybridized carbons (Fsp3) is 0.417. The Hall–Kier alpha value is -1.02. The number of Topliss-reactive ketones (excluding diaryl/α,β-unsaturated/α-hetero) is 1. The number of aryl methyl sites for hydroxylation is 1. The molecule has 0 amide bonds. The minimum Gasteiger partial charge on any atom is -0.385 e. The third-order valence-electron chi connectivity index (χ3n) is 2.69. The molecule has 0 aromatic heterocycles. The highest BCUT2D eigenvalue weighted by atomic mass is 35.5. The molecule has 0 atom stereocenters. The summed E-state index contributed by atoms with van der Waals surface area (Å²) in [6.07, 6.45) is 2.90. The predicted octanol–water partition coefficient (Wildman–Crippen LogP) is 3.06. The summed E-state index contributed by atoms with van der Waals surface area (Å²) in [4.78, 5) is 11.5. The standard InChI is InChI=1S/C12H15NO.ClH/c1-2-12(14)10-6-5-9-4-3-7-13-11(9)8-10;/h5-6,8,13H,2-4,7H2,1H3;1H. The summed E-state index contributed by atoms with van der Waals surface area (Å²) >= 11 is 0. The van der Waals surface area contributed by atoms with Crippen LogP contribution in [0.15, 0.2) is 18.2 Å². The molecule has 1 N–H and O–H groups in total. The lowest BCUT2D eigenvalue weighted by atomic mass is 9.99. The summed E-state index contributed by atoms with van der Waals surface area (Å²) in [6.45, 7) is 2.92. The van der Waals surface area contributed by atoms with E-state index in [1.165, 1.54) is 12.0 Å². The lowest BCUT2D eigenvalue weighted by molar-refractivity contribution is 0.0988. The number of halogens is 1. The fourth-order valence-electron chi connectivity index (χ4n) is 1.84. The topological polar surface area (TPSA) is 29.1 Å². The first kappa shape index (κ1) is 12.1. The quantitative estimate of drug-likeness (QED) is 0.784. The number of carbonyl (C=O) groups excluding carboxylic acids is 1. The molecule has 1 aliphatic rings. The highest BCUT2D eigenvalue weighted by molar-refractivity contribution is 5.96. The molecule has 0 saturated carbocycles. The first-order chi connectivity index (χ1) is 6.81. The van der Waals surface area contributed by atoms with Crippen molar-refractivity contribution in [1.29, 1.82) is 0 Å². The van der Waals surface area contributed by atoms with Crippen molar-refractivity contribution in [2.75, 3.05) is 11.9 Å². The second-order valence-electron chi connectivity index (χ2n) is 3.68. The van der Waals surface area contributed by atoms with Crippen LogP contribution in [0.4, 0.5) is 5.69 Å². The highest BCUT2D eigenvalue weighted by Crippen LogP contribution is 2.23. The zero-order chi connectivity index (χ0) is 9.97. The normalized spacial score (nSPS) is 13.4. The molecule has 0 spiro atoms. The minimum atomic E-state index is 0. The van der Waals surface area contributed by atoms with Gasteiger partial charge in [0, 0.05) is 24.2 Å². The molecule has 0 bridgehead atoms. The number of carbonyl (C=O) groups is 1. The van der Waals surface area contributed by atoms with Crippen LogP contribution in [-0.4, -0.2) is 12.3 Å². The van der Waals surface area contributed by atoms with Crippen molar-refractivity contribution in [1.82, 2.24) is 0 Å². The Morgan fingerprint density at radius 3 is 3.00 bits per heavy atom. The van der Waals surface area contributed by atoms with Crippen LogP contribution in [0.3, 0.4) is 0 Å². The maximum absolute atomic E-state index is 11.5. The van der Waals surface area contributed by atoms with Crippen molar-refractivity contribution < 1.29 is 4.79 Å². The molecule has 0 saturated heterocycles. The average molecular weight is 226 g/mol. The minimum absolute atomic E-state index is 0. The van der Waals surface area contributed by atoms with Crippen molar-refractivity contribution in [2.24, 2.45) is 0 Å². The van der Waals surface area contributed by atoms with E-state index in [0.717, 1.165) is 24.2 Å². The van der Waals surface area contributed by atoms with Gasteiger partial charge in [-0.15, -0.1) is 12.4 Å². The molecule has 0 fully saturated rings. The molecular weight excluding hydrogens is 210 g/mol. The molecule has 1 aromatic carbocycles. The second-order valence-corrected chi connectivity index (χ2v) is 3.68. The van der Waals surface area contributed by atoms with E-state index in [9.17, 15) is 4.79 Å². The van der Waals surface area contributed by atoms with Gasteiger partial charge in [0.2, 0.25) is 0 Å². The van der Waals surface area contributed by atoms with Gasteiger partial charge in [-0.05, 0) is 24.5 Å². The van der Waals surface area contributed by atoms with E-state index in [0.29, 0.717) is 6.42 Å². The molecule has 2 nitrogen and oxygen atoms in total. The molecule has 82 valence electrons. The number of fused-ring (bicyclic) bond motifs is 1. The summed E-state index contributed by atoms with van der Waals surface area (Å²) in [5, 5.41) is 3.33. The van der Waals surface area contributed by atoms with Crippen molar-refractivity contribution >= 4 is 23.9 Å². The lowest BCUT2D eigenvalue weighted by Gasteiger charge is -2.18. The Morgan fingerprint density at radius 1 is 1.47 bits per heavy atom. The Morgan fingerprint density at radius 2 is 2.27 bits per heavy atom. The van der Waals surface area contributed by atoms with Gasteiger partial charge < -0.3 is 5.32 Å². The number of anilines is 1. The molecule has 3 heteroatoms. The maximum Gasteiger partial charge on any atom is 0.162 e. The molecule has 1 aliphatic heterocycles. The van der Waals surface area contributed by atoms with E-state index in [4.69, 9.17) is 0 Å². The maximum atomic E-state index is 11.5. The predicted molar refractivity (Wildman–Crippen MR) is 65.1 cm³/mol. The Bertz CT molecular complexity index is 363. The molecule has 1 heterocycles. The van der Waals surface area contributed by atoms with Gasteiger partial charge in [-0.3, -0.25) is 4.79 Å². The number of benzene rings is 1. The Balaban J connectivity index is 0.00000112. The van der Waals surface area contributed by atoms with Crippen LogP contribution >= 0.6 is 12.4 Å². The van der Waals surface area contributed by atoms with Crippen LogP contribution in [0, 0.1) is 0 Å². The van der Waals surface area contributed by atoms with E-state index in [-0.39, 0.29) is 18.2 Å². The third-order valence-corrected chi connectivity index (χ3v) is 2.69. The highest BCUT2D eigenvalue weighted by Gasteiger charge is 2.10. The van der Waals surface area contributed by atoms with Gasteiger partial charge in [-0.1, -0.05) is 19.1 Å². The van der Waals surface area contributed by atoms with Crippen LogP contribution in [0.2, 0.25) is 0 Å². The van der Waals surface area contributed by atoms with Crippen molar-refractivity contribution in [2.45, 2.75) is 26.2 Å². The van der Waals surface area contributed by atoms with Gasteiger partial charge in [-0.25, -0.2) is 0 Å². The van der Waals surface area contributed by atoms with Crippen LogP contribution in [-0.2, 0) is 6.42 Å².